The van der Waals surface area contributed by atoms with Gasteiger partial charge in [-0.1, -0.05) is 84.9 Å². The van der Waals surface area contributed by atoms with Gasteiger partial charge in [-0.15, -0.1) is 0 Å². The van der Waals surface area contributed by atoms with E-state index in [2.05, 4.69) is 0 Å². The minimum Gasteiger partial charge on any atom is -0.452 e. The van der Waals surface area contributed by atoms with Crippen molar-refractivity contribution in [3.05, 3.63) is 144 Å². The van der Waals surface area contributed by atoms with Crippen LogP contribution in [0.25, 0.3) is 0 Å². The lowest BCUT2D eigenvalue weighted by atomic mass is 10.0. The Kier molecular flexibility index (Phi) is 9.15. The molecular weight excluding hydrogens is 524 g/mol. The first-order valence-corrected chi connectivity index (χ1v) is 13.1. The van der Waals surface area contributed by atoms with Gasteiger partial charge in [0.2, 0.25) is 0 Å². The fourth-order valence-electron chi connectivity index (χ4n) is 4.32. The number of rotatable bonds is 9. The molecule has 1 fully saturated rings. The molecule has 0 bridgehead atoms. The maximum Gasteiger partial charge on any atom is 0.338 e. The van der Waals surface area contributed by atoms with Crippen LogP contribution in [0.3, 0.4) is 0 Å². The van der Waals surface area contributed by atoms with Gasteiger partial charge in [-0.3, -0.25) is 0 Å². The lowest BCUT2D eigenvalue weighted by molar-refractivity contribution is -0.271. The van der Waals surface area contributed by atoms with Crippen LogP contribution in [0.1, 0.15) is 36.6 Å². The highest BCUT2D eigenvalue weighted by Gasteiger charge is 2.48. The first-order valence-electron chi connectivity index (χ1n) is 13.1. The third kappa shape index (κ3) is 7.25. The molecule has 0 aliphatic carbocycles. The molecule has 1 aliphatic rings. The molecule has 41 heavy (non-hydrogen) atoms. The predicted octanol–water partition coefficient (Wildman–Crippen LogP) is 5.24. The summed E-state index contributed by atoms with van der Waals surface area (Å²) < 4.78 is 29.6. The number of hydrogen-bond donors (Lipinski definition) is 0. The Morgan fingerprint density at radius 1 is 0.561 bits per heavy atom. The van der Waals surface area contributed by atoms with Crippen molar-refractivity contribution in [1.29, 1.82) is 0 Å². The summed E-state index contributed by atoms with van der Waals surface area (Å²) in [7, 11) is 0. The molecule has 0 spiro atoms. The number of carbonyl (C=O) groups is 3. The molecule has 0 N–H and O–H groups in total. The van der Waals surface area contributed by atoms with Gasteiger partial charge in [-0.2, -0.15) is 0 Å². The normalized spacial score (nSPS) is 20.0. The second-order valence-electron chi connectivity index (χ2n) is 9.28. The van der Waals surface area contributed by atoms with Crippen molar-refractivity contribution in [3.8, 4) is 0 Å². The fraction of sp³-hybridized carbons (Fsp3) is 0.182. The minimum atomic E-state index is -1.26. The number of carbonyl (C=O) groups excluding carboxylic acids is 3. The van der Waals surface area contributed by atoms with Gasteiger partial charge < -0.3 is 23.7 Å². The molecule has 1 heterocycles. The van der Waals surface area contributed by atoms with Crippen molar-refractivity contribution >= 4 is 17.9 Å². The van der Waals surface area contributed by atoms with Crippen LogP contribution in [-0.2, 0) is 30.3 Å². The monoisotopic (exact) mass is 552 g/mol. The van der Waals surface area contributed by atoms with Crippen LogP contribution in [0.2, 0.25) is 0 Å². The maximum atomic E-state index is 13.2. The van der Waals surface area contributed by atoms with Gasteiger partial charge in [-0.25, -0.2) is 14.4 Å². The summed E-state index contributed by atoms with van der Waals surface area (Å²) in [5.74, 6) is -2.00. The van der Waals surface area contributed by atoms with Crippen LogP contribution in [-0.4, -0.2) is 49.1 Å². The standard InChI is InChI=1S/C33H28O8/c34-30(24-15-7-2-8-16-24)39-27-22-38-33(37-21-23-13-5-1-6-14-23)29(41-32(36)26-19-11-4-12-20-26)28(27)40-31(35)25-17-9-3-10-18-25/h1-20,27-29,33H,21-22H2/t27-,28-,29+,33-/m1/s1. The Bertz CT molecular complexity index is 1430. The lowest BCUT2D eigenvalue weighted by Gasteiger charge is -2.40. The van der Waals surface area contributed by atoms with E-state index in [4.69, 9.17) is 23.7 Å². The van der Waals surface area contributed by atoms with Crippen molar-refractivity contribution in [1.82, 2.24) is 0 Å². The molecule has 4 aromatic rings. The number of benzene rings is 4. The predicted molar refractivity (Wildman–Crippen MR) is 148 cm³/mol. The summed E-state index contributed by atoms with van der Waals surface area (Å²) in [5.41, 5.74) is 1.73. The molecule has 5 rings (SSSR count). The Labute approximate surface area is 237 Å². The van der Waals surface area contributed by atoms with E-state index in [0.29, 0.717) is 5.56 Å². The second-order valence-corrected chi connectivity index (χ2v) is 9.28. The zero-order chi connectivity index (χ0) is 28.4. The molecular formula is C33H28O8. The third-order valence-corrected chi connectivity index (χ3v) is 6.41. The molecule has 8 heteroatoms. The highest BCUT2D eigenvalue weighted by molar-refractivity contribution is 5.91. The molecule has 1 aliphatic heterocycles. The summed E-state index contributed by atoms with van der Waals surface area (Å²) in [5, 5.41) is 0. The Hall–Kier alpha value is -4.79. The number of hydrogen-bond acceptors (Lipinski definition) is 8. The van der Waals surface area contributed by atoms with E-state index >= 15 is 0 Å². The first kappa shape index (κ1) is 27.8. The molecule has 0 unspecified atom stereocenters. The van der Waals surface area contributed by atoms with Crippen LogP contribution in [0.4, 0.5) is 0 Å². The number of ether oxygens (including phenoxy) is 5. The lowest BCUT2D eigenvalue weighted by Crippen LogP contribution is -2.58. The van der Waals surface area contributed by atoms with Crippen LogP contribution in [0, 0.1) is 0 Å². The van der Waals surface area contributed by atoms with Gasteiger partial charge in [0.05, 0.1) is 29.9 Å². The van der Waals surface area contributed by atoms with Crippen LogP contribution in [0.15, 0.2) is 121 Å². The molecule has 8 nitrogen and oxygen atoms in total. The van der Waals surface area contributed by atoms with E-state index in [0.717, 1.165) is 5.56 Å². The maximum absolute atomic E-state index is 13.2. The quantitative estimate of drug-likeness (QED) is 0.206. The van der Waals surface area contributed by atoms with E-state index in [1.54, 1.807) is 91.0 Å². The zero-order valence-electron chi connectivity index (χ0n) is 22.0. The summed E-state index contributed by atoms with van der Waals surface area (Å²) in [6.45, 7) is -0.0249. The van der Waals surface area contributed by atoms with E-state index < -0.39 is 42.5 Å². The van der Waals surface area contributed by atoms with Gasteiger partial charge in [0.25, 0.3) is 0 Å². The van der Waals surface area contributed by atoms with Crippen molar-refractivity contribution in [2.75, 3.05) is 6.61 Å². The van der Waals surface area contributed by atoms with Gasteiger partial charge >= 0.3 is 17.9 Å². The van der Waals surface area contributed by atoms with E-state index in [1.165, 1.54) is 0 Å². The first-order chi connectivity index (χ1) is 20.1. The van der Waals surface area contributed by atoms with E-state index in [1.807, 2.05) is 30.3 Å². The van der Waals surface area contributed by atoms with Gasteiger partial charge in [-0.05, 0) is 42.0 Å². The Balaban J connectivity index is 1.45. The molecule has 0 radical (unpaired) electrons. The van der Waals surface area contributed by atoms with Gasteiger partial charge in [0.1, 0.15) is 0 Å². The van der Waals surface area contributed by atoms with Crippen molar-refractivity contribution in [2.24, 2.45) is 0 Å². The SMILES string of the molecule is O=C(O[C@@H]1[C@H](OCc2ccccc2)OC[C@@H](OC(=O)c2ccccc2)[C@H]1OC(=O)c1ccccc1)c1ccccc1. The van der Waals surface area contributed by atoms with Crippen molar-refractivity contribution < 1.29 is 38.1 Å². The van der Waals surface area contributed by atoms with Crippen LogP contribution < -0.4 is 0 Å². The highest BCUT2D eigenvalue weighted by atomic mass is 16.7. The van der Waals surface area contributed by atoms with Crippen molar-refractivity contribution in [2.45, 2.75) is 31.2 Å². The molecule has 1 saturated heterocycles. The number of esters is 3. The molecule has 0 saturated carbocycles. The fourth-order valence-corrected chi connectivity index (χ4v) is 4.32. The largest absolute Gasteiger partial charge is 0.452 e. The summed E-state index contributed by atoms with van der Waals surface area (Å²) in [6, 6.07) is 34.5. The molecule has 4 atom stereocenters. The highest BCUT2D eigenvalue weighted by Crippen LogP contribution is 2.28. The zero-order valence-corrected chi connectivity index (χ0v) is 22.0. The summed E-state index contributed by atoms with van der Waals surface area (Å²) in [4.78, 5) is 39.4. The van der Waals surface area contributed by atoms with E-state index in [9.17, 15) is 14.4 Å². The minimum absolute atomic E-state index is 0.138. The third-order valence-electron chi connectivity index (χ3n) is 6.41. The Morgan fingerprint density at radius 3 is 1.46 bits per heavy atom. The topological polar surface area (TPSA) is 97.4 Å². The molecule has 4 aromatic carbocycles. The average molecular weight is 553 g/mol. The summed E-state index contributed by atoms with van der Waals surface area (Å²) >= 11 is 0. The second kappa shape index (κ2) is 13.5. The summed E-state index contributed by atoms with van der Waals surface area (Å²) in [6.07, 6.45) is -4.72. The average Bonchev–Trinajstić information content (AvgIpc) is 3.03. The van der Waals surface area contributed by atoms with Gasteiger partial charge in [0, 0.05) is 0 Å². The van der Waals surface area contributed by atoms with Crippen LogP contribution >= 0.6 is 0 Å². The molecule has 0 amide bonds. The molecule has 208 valence electrons. The van der Waals surface area contributed by atoms with Crippen molar-refractivity contribution in [3.63, 3.8) is 0 Å². The van der Waals surface area contributed by atoms with E-state index in [-0.39, 0.29) is 24.3 Å². The molecule has 0 aromatic heterocycles. The smallest absolute Gasteiger partial charge is 0.338 e. The Morgan fingerprint density at radius 2 is 0.976 bits per heavy atom. The van der Waals surface area contributed by atoms with Gasteiger partial charge in [0.15, 0.2) is 24.6 Å². The van der Waals surface area contributed by atoms with Crippen LogP contribution in [0.5, 0.6) is 0 Å².